The molecule has 8 heteroatoms. The summed E-state index contributed by atoms with van der Waals surface area (Å²) in [5, 5.41) is 12.2. The Bertz CT molecular complexity index is 797. The number of nitrogens with zero attached hydrogens (tertiary/aromatic N) is 1. The van der Waals surface area contributed by atoms with Crippen molar-refractivity contribution < 1.29 is 18.7 Å². The number of nitro groups is 1. The number of hydrogen-bond acceptors (Lipinski definition) is 5. The molecule has 1 aliphatic carbocycles. The monoisotopic (exact) mass is 396 g/mol. The summed E-state index contributed by atoms with van der Waals surface area (Å²) in [5.74, 6) is 1.16. The highest BCUT2D eigenvalue weighted by Gasteiger charge is 2.33. The van der Waals surface area contributed by atoms with Crippen LogP contribution < -0.4 is 4.72 Å². The fourth-order valence-corrected chi connectivity index (χ4v) is 4.90. The van der Waals surface area contributed by atoms with Crippen molar-refractivity contribution >= 4 is 26.9 Å². The standard InChI is InChI=1S/C19H28N2O5S/c1-5-27(25,16-9-7-15(8-10-16)21(23)24)20-19(22)26-18-12-14(4)6-11-17(18)13(2)3/h5,7-10,13-14,17-18H,6,11-12H2,1-4H3,(H,20,22,25)/t14-,17+,18-,27?/m1/s1. The van der Waals surface area contributed by atoms with Gasteiger partial charge in [-0.2, -0.15) is 0 Å². The zero-order valence-corrected chi connectivity index (χ0v) is 17.0. The molecule has 4 atom stereocenters. The molecule has 1 aliphatic rings. The van der Waals surface area contributed by atoms with E-state index in [1.807, 2.05) is 0 Å². The third kappa shape index (κ3) is 5.22. The Labute approximate surface area is 160 Å². The van der Waals surface area contributed by atoms with Crippen molar-refractivity contribution in [3.63, 3.8) is 0 Å². The normalized spacial score (nSPS) is 24.7. The number of rotatable bonds is 5. The summed E-state index contributed by atoms with van der Waals surface area (Å²) in [4.78, 5) is 23.0. The maximum absolute atomic E-state index is 13.1. The quantitative estimate of drug-likeness (QED) is 0.458. The molecule has 0 aliphatic heterocycles. The minimum atomic E-state index is -3.02. The van der Waals surface area contributed by atoms with E-state index in [0.29, 0.717) is 16.7 Å². The van der Waals surface area contributed by atoms with E-state index in [0.717, 1.165) is 19.3 Å². The van der Waals surface area contributed by atoms with Gasteiger partial charge in [0.2, 0.25) is 0 Å². The average Bonchev–Trinajstić information content (AvgIpc) is 2.61. The van der Waals surface area contributed by atoms with Gasteiger partial charge in [0.15, 0.2) is 0 Å². The molecule has 0 saturated heterocycles. The zero-order valence-electron chi connectivity index (χ0n) is 16.2. The van der Waals surface area contributed by atoms with Crippen LogP contribution in [0.3, 0.4) is 0 Å². The van der Waals surface area contributed by atoms with Crippen LogP contribution in [0.5, 0.6) is 0 Å². The Kier molecular flexibility index (Phi) is 6.86. The predicted molar refractivity (Wildman–Crippen MR) is 106 cm³/mol. The van der Waals surface area contributed by atoms with Gasteiger partial charge in [0.05, 0.1) is 19.5 Å². The number of carbonyl (C=O) groups excluding carboxylic acids is 1. The van der Waals surface area contributed by atoms with Crippen LogP contribution in [0.4, 0.5) is 10.5 Å². The van der Waals surface area contributed by atoms with Crippen LogP contribution >= 0.6 is 0 Å². The lowest BCUT2D eigenvalue weighted by Crippen LogP contribution is -2.40. The van der Waals surface area contributed by atoms with E-state index in [2.05, 4.69) is 25.5 Å². The molecule has 1 aromatic carbocycles. The predicted octanol–water partition coefficient (Wildman–Crippen LogP) is 4.16. The smallest absolute Gasteiger partial charge is 0.419 e. The van der Waals surface area contributed by atoms with Crippen molar-refractivity contribution in [2.24, 2.45) is 17.8 Å². The summed E-state index contributed by atoms with van der Waals surface area (Å²) < 4.78 is 21.3. The van der Waals surface area contributed by atoms with Gasteiger partial charge in [-0.05, 0) is 55.0 Å². The molecule has 1 unspecified atom stereocenters. The van der Waals surface area contributed by atoms with E-state index >= 15 is 0 Å². The topological polar surface area (TPSA) is 98.5 Å². The van der Waals surface area contributed by atoms with Crippen LogP contribution in [0.2, 0.25) is 0 Å². The van der Waals surface area contributed by atoms with Crippen LogP contribution in [0, 0.1) is 27.9 Å². The lowest BCUT2D eigenvalue weighted by molar-refractivity contribution is -0.384. The van der Waals surface area contributed by atoms with Gasteiger partial charge in [0, 0.05) is 12.1 Å². The van der Waals surface area contributed by atoms with E-state index in [-0.39, 0.29) is 17.7 Å². The fraction of sp³-hybridized carbons (Fsp3) is 0.579. The minimum Gasteiger partial charge on any atom is -0.445 e. The lowest BCUT2D eigenvalue weighted by atomic mass is 9.75. The summed E-state index contributed by atoms with van der Waals surface area (Å²) in [6.07, 6.45) is 2.00. The van der Waals surface area contributed by atoms with Crippen LogP contribution in [0.1, 0.15) is 47.0 Å². The van der Waals surface area contributed by atoms with Gasteiger partial charge in [-0.15, -0.1) is 0 Å². The van der Waals surface area contributed by atoms with E-state index in [9.17, 15) is 19.1 Å². The molecule has 0 bridgehead atoms. The highest BCUT2D eigenvalue weighted by molar-refractivity contribution is 8.00. The molecular formula is C19H28N2O5S. The highest BCUT2D eigenvalue weighted by atomic mass is 32.2. The SMILES string of the molecule is CC=S(=O)(NC(=O)O[C@@H]1C[C@H](C)CC[C@H]1C(C)C)c1ccc([N+](=O)[O-])cc1. The van der Waals surface area contributed by atoms with Gasteiger partial charge in [0.1, 0.15) is 6.10 Å². The largest absolute Gasteiger partial charge is 0.445 e. The van der Waals surface area contributed by atoms with Gasteiger partial charge < -0.3 is 4.74 Å². The van der Waals surface area contributed by atoms with Crippen molar-refractivity contribution in [1.29, 1.82) is 0 Å². The molecule has 0 radical (unpaired) electrons. The summed E-state index contributed by atoms with van der Waals surface area (Å²) in [6, 6.07) is 5.31. The molecule has 27 heavy (non-hydrogen) atoms. The van der Waals surface area contributed by atoms with E-state index in [1.54, 1.807) is 6.92 Å². The number of ether oxygens (including phenoxy) is 1. The van der Waals surface area contributed by atoms with Gasteiger partial charge in [-0.1, -0.05) is 27.2 Å². The second-order valence-corrected chi connectivity index (χ2v) is 9.81. The Morgan fingerprint density at radius 2 is 1.96 bits per heavy atom. The number of nitro benzene ring substituents is 1. The molecule has 1 saturated carbocycles. The van der Waals surface area contributed by atoms with E-state index < -0.39 is 20.7 Å². The molecular weight excluding hydrogens is 368 g/mol. The maximum Gasteiger partial charge on any atom is 0.419 e. The van der Waals surface area contributed by atoms with Crippen molar-refractivity contribution in [1.82, 2.24) is 4.72 Å². The Hall–Kier alpha value is -2.09. The third-order valence-corrected chi connectivity index (χ3v) is 7.29. The Morgan fingerprint density at radius 3 is 2.48 bits per heavy atom. The molecule has 7 nitrogen and oxygen atoms in total. The van der Waals surface area contributed by atoms with E-state index in [4.69, 9.17) is 4.74 Å². The summed E-state index contributed by atoms with van der Waals surface area (Å²) in [5.41, 5.74) is -0.102. The van der Waals surface area contributed by atoms with Crippen LogP contribution in [0.15, 0.2) is 29.2 Å². The number of amides is 1. The van der Waals surface area contributed by atoms with Gasteiger partial charge in [-0.3, -0.25) is 10.1 Å². The number of carbonyl (C=O) groups is 1. The first-order chi connectivity index (χ1) is 12.7. The number of non-ortho nitro benzene ring substituents is 1. The molecule has 0 aromatic heterocycles. The third-order valence-electron chi connectivity index (χ3n) is 5.18. The zero-order chi connectivity index (χ0) is 20.2. The second-order valence-electron chi connectivity index (χ2n) is 7.46. The van der Waals surface area contributed by atoms with Crippen LogP contribution in [0.25, 0.3) is 0 Å². The molecule has 0 spiro atoms. The summed E-state index contributed by atoms with van der Waals surface area (Å²) in [7, 11) is -3.02. The average molecular weight is 397 g/mol. The first-order valence-corrected chi connectivity index (χ1v) is 10.8. The van der Waals surface area contributed by atoms with Crippen LogP contribution in [-0.4, -0.2) is 26.7 Å². The molecule has 1 amide bonds. The maximum atomic E-state index is 13.1. The first kappa shape index (κ1) is 21.2. The van der Waals surface area contributed by atoms with Crippen molar-refractivity contribution in [3.8, 4) is 0 Å². The van der Waals surface area contributed by atoms with Gasteiger partial charge in [0.25, 0.3) is 5.69 Å². The molecule has 0 heterocycles. The van der Waals surface area contributed by atoms with Crippen molar-refractivity contribution in [2.75, 3.05) is 0 Å². The van der Waals surface area contributed by atoms with E-state index in [1.165, 1.54) is 29.6 Å². The van der Waals surface area contributed by atoms with Crippen LogP contribution in [-0.2, 0) is 14.4 Å². The Balaban J connectivity index is 2.13. The summed E-state index contributed by atoms with van der Waals surface area (Å²) in [6.45, 7) is 7.96. The molecule has 1 fully saturated rings. The fourth-order valence-electron chi connectivity index (χ4n) is 3.56. The lowest BCUT2D eigenvalue weighted by Gasteiger charge is -2.36. The number of nitrogens with one attached hydrogen (secondary N) is 1. The molecule has 1 aromatic rings. The molecule has 2 rings (SSSR count). The minimum absolute atomic E-state index is 0.102. The number of benzene rings is 1. The molecule has 150 valence electrons. The van der Waals surface area contributed by atoms with Crippen molar-refractivity contribution in [3.05, 3.63) is 34.4 Å². The van der Waals surface area contributed by atoms with Gasteiger partial charge >= 0.3 is 6.09 Å². The highest BCUT2D eigenvalue weighted by Crippen LogP contribution is 2.35. The first-order valence-electron chi connectivity index (χ1n) is 9.22. The van der Waals surface area contributed by atoms with Gasteiger partial charge in [-0.25, -0.2) is 13.7 Å². The van der Waals surface area contributed by atoms with Crippen molar-refractivity contribution in [2.45, 2.75) is 58.0 Å². The molecule has 1 N–H and O–H groups in total. The summed E-state index contributed by atoms with van der Waals surface area (Å²) >= 11 is 0. The second kappa shape index (κ2) is 8.73. The Morgan fingerprint density at radius 1 is 1.33 bits per heavy atom. The number of hydrogen-bond donors (Lipinski definition) is 1.